The van der Waals surface area contributed by atoms with Crippen LogP contribution < -0.4 is 5.73 Å². The first kappa shape index (κ1) is 21.7. The average Bonchev–Trinajstić information content (AvgIpc) is 2.98. The van der Waals surface area contributed by atoms with Crippen molar-refractivity contribution in [1.82, 2.24) is 4.98 Å². The maximum atomic E-state index is 13.6. The predicted octanol–water partition coefficient (Wildman–Crippen LogP) is 7.09. The van der Waals surface area contributed by atoms with Gasteiger partial charge in [0.15, 0.2) is 0 Å². The van der Waals surface area contributed by atoms with Gasteiger partial charge in [0.2, 0.25) is 0 Å². The van der Waals surface area contributed by atoms with Crippen molar-refractivity contribution in [2.45, 2.75) is 51.6 Å². The number of fused-ring (bicyclic) bond motifs is 1. The predicted molar refractivity (Wildman–Crippen MR) is 114 cm³/mol. The molecule has 0 atom stereocenters. The Labute approximate surface area is 174 Å². The van der Waals surface area contributed by atoms with Crippen LogP contribution in [0.4, 0.5) is 13.2 Å². The summed E-state index contributed by atoms with van der Waals surface area (Å²) in [5, 5.41) is 0.607. The zero-order valence-electron chi connectivity index (χ0n) is 16.9. The summed E-state index contributed by atoms with van der Waals surface area (Å²) in [6.07, 6.45) is -2.26. The second-order valence-electron chi connectivity index (χ2n) is 8.43. The lowest BCUT2D eigenvalue weighted by Gasteiger charge is -2.19. The van der Waals surface area contributed by atoms with E-state index >= 15 is 0 Å². The van der Waals surface area contributed by atoms with Gasteiger partial charge in [0.25, 0.3) is 0 Å². The van der Waals surface area contributed by atoms with Gasteiger partial charge in [-0.2, -0.15) is 13.2 Å². The van der Waals surface area contributed by atoms with E-state index in [0.29, 0.717) is 24.0 Å². The molecule has 1 heterocycles. The van der Waals surface area contributed by atoms with E-state index in [0.717, 1.165) is 30.0 Å². The molecule has 3 N–H and O–H groups in total. The van der Waals surface area contributed by atoms with Gasteiger partial charge in [-0.1, -0.05) is 56.6 Å². The van der Waals surface area contributed by atoms with Crippen molar-refractivity contribution in [2.75, 3.05) is 6.54 Å². The minimum atomic E-state index is -4.49. The van der Waals surface area contributed by atoms with Crippen molar-refractivity contribution in [3.05, 3.63) is 58.1 Å². The molecule has 0 spiro atoms. The fourth-order valence-corrected chi connectivity index (χ4v) is 3.85. The first-order valence-corrected chi connectivity index (χ1v) is 10.1. The third-order valence-corrected chi connectivity index (χ3v) is 5.42. The molecule has 0 radical (unpaired) electrons. The summed E-state index contributed by atoms with van der Waals surface area (Å²) in [6, 6.07) is 10.6. The number of benzene rings is 2. The van der Waals surface area contributed by atoms with Crippen LogP contribution in [0.3, 0.4) is 0 Å². The van der Waals surface area contributed by atoms with Crippen molar-refractivity contribution < 1.29 is 13.2 Å². The molecule has 3 rings (SSSR count). The van der Waals surface area contributed by atoms with Crippen LogP contribution in [0.2, 0.25) is 5.02 Å². The van der Waals surface area contributed by atoms with Gasteiger partial charge in [-0.3, -0.25) is 0 Å². The molecule has 3 aromatic rings. The summed E-state index contributed by atoms with van der Waals surface area (Å²) in [7, 11) is 0. The fraction of sp³-hybridized carbons (Fsp3) is 0.391. The van der Waals surface area contributed by atoms with Crippen molar-refractivity contribution >= 4 is 22.5 Å². The van der Waals surface area contributed by atoms with E-state index in [-0.39, 0.29) is 16.0 Å². The van der Waals surface area contributed by atoms with E-state index in [1.165, 1.54) is 5.56 Å². The molecule has 6 heteroatoms. The second-order valence-corrected chi connectivity index (χ2v) is 8.86. The van der Waals surface area contributed by atoms with Gasteiger partial charge in [0, 0.05) is 16.1 Å². The van der Waals surface area contributed by atoms with E-state index in [1.54, 1.807) is 6.07 Å². The van der Waals surface area contributed by atoms with Gasteiger partial charge in [-0.05, 0) is 60.0 Å². The number of aromatic nitrogens is 1. The SMILES string of the molecule is CC(C)(C)c1ccc(-c2[nH]c3c(C(F)(F)F)cc(Cl)cc3c2CCCCN)cc1. The van der Waals surface area contributed by atoms with Gasteiger partial charge >= 0.3 is 6.18 Å². The Bertz CT molecular complexity index is 996. The van der Waals surface area contributed by atoms with Crippen LogP contribution in [0, 0.1) is 0 Å². The Balaban J connectivity index is 2.20. The first-order chi connectivity index (χ1) is 13.5. The zero-order chi connectivity index (χ0) is 21.4. The molecule has 0 aliphatic heterocycles. The molecule has 0 amide bonds. The Hall–Kier alpha value is -1.98. The number of aryl methyl sites for hydroxylation is 1. The van der Waals surface area contributed by atoms with Crippen molar-refractivity contribution in [3.63, 3.8) is 0 Å². The quantitative estimate of drug-likeness (QED) is 0.423. The number of H-pyrrole nitrogens is 1. The molecule has 156 valence electrons. The standard InChI is InChI=1S/C23H26ClF3N2/c1-22(2,3)15-9-7-14(8-10-15)20-17(6-4-5-11-28)18-12-16(24)13-19(21(18)29-20)23(25,26)27/h7-10,12-13,29H,4-6,11,28H2,1-3H3. The number of hydrogen-bond donors (Lipinski definition) is 2. The Morgan fingerprint density at radius 3 is 2.21 bits per heavy atom. The largest absolute Gasteiger partial charge is 0.418 e. The smallest absolute Gasteiger partial charge is 0.354 e. The van der Waals surface area contributed by atoms with Gasteiger partial charge in [0.05, 0.1) is 11.1 Å². The van der Waals surface area contributed by atoms with Crippen LogP contribution in [0.1, 0.15) is 50.3 Å². The maximum Gasteiger partial charge on any atom is 0.418 e. The maximum absolute atomic E-state index is 13.6. The fourth-order valence-electron chi connectivity index (χ4n) is 3.63. The monoisotopic (exact) mass is 422 g/mol. The molecule has 2 aromatic carbocycles. The number of aromatic amines is 1. The lowest BCUT2D eigenvalue weighted by atomic mass is 9.86. The third kappa shape index (κ3) is 4.62. The normalized spacial score (nSPS) is 12.7. The molecule has 0 saturated heterocycles. The second kappa shape index (κ2) is 8.04. The van der Waals surface area contributed by atoms with E-state index in [9.17, 15) is 13.2 Å². The highest BCUT2D eigenvalue weighted by Gasteiger charge is 2.34. The topological polar surface area (TPSA) is 41.8 Å². The minimum absolute atomic E-state index is 0.0000854. The van der Waals surface area contributed by atoms with Crippen molar-refractivity contribution in [3.8, 4) is 11.3 Å². The van der Waals surface area contributed by atoms with Gasteiger partial charge in [-0.15, -0.1) is 0 Å². The number of halogens is 4. The van der Waals surface area contributed by atoms with Crippen LogP contribution in [0.25, 0.3) is 22.2 Å². The number of rotatable bonds is 5. The molecular weight excluding hydrogens is 397 g/mol. The molecule has 2 nitrogen and oxygen atoms in total. The minimum Gasteiger partial charge on any atom is -0.354 e. The highest BCUT2D eigenvalue weighted by molar-refractivity contribution is 6.31. The Kier molecular flexibility index (Phi) is 6.02. The summed E-state index contributed by atoms with van der Waals surface area (Å²) in [4.78, 5) is 3.06. The zero-order valence-corrected chi connectivity index (χ0v) is 17.6. The van der Waals surface area contributed by atoms with E-state index < -0.39 is 11.7 Å². The van der Waals surface area contributed by atoms with Gasteiger partial charge in [-0.25, -0.2) is 0 Å². The van der Waals surface area contributed by atoms with Crippen molar-refractivity contribution in [1.29, 1.82) is 0 Å². The average molecular weight is 423 g/mol. The molecule has 0 bridgehead atoms. The van der Waals surface area contributed by atoms with Gasteiger partial charge in [0.1, 0.15) is 0 Å². The van der Waals surface area contributed by atoms with Crippen LogP contribution in [-0.2, 0) is 18.0 Å². The summed E-state index contributed by atoms with van der Waals surface area (Å²) >= 11 is 6.06. The van der Waals surface area contributed by atoms with Crippen LogP contribution in [0.15, 0.2) is 36.4 Å². The molecule has 0 saturated carbocycles. The number of hydrogen-bond acceptors (Lipinski definition) is 1. The molecule has 0 fully saturated rings. The lowest BCUT2D eigenvalue weighted by Crippen LogP contribution is -2.10. The molecule has 0 aliphatic rings. The van der Waals surface area contributed by atoms with E-state index in [4.69, 9.17) is 17.3 Å². The van der Waals surface area contributed by atoms with E-state index in [1.807, 2.05) is 24.3 Å². The molecular formula is C23H26ClF3N2. The summed E-state index contributed by atoms with van der Waals surface area (Å²) in [5.74, 6) is 0. The Morgan fingerprint density at radius 1 is 1.00 bits per heavy atom. The van der Waals surface area contributed by atoms with Crippen LogP contribution in [-0.4, -0.2) is 11.5 Å². The third-order valence-electron chi connectivity index (χ3n) is 5.21. The van der Waals surface area contributed by atoms with Crippen LogP contribution >= 0.6 is 11.6 Å². The molecule has 1 aromatic heterocycles. The van der Waals surface area contributed by atoms with Gasteiger partial charge < -0.3 is 10.7 Å². The Morgan fingerprint density at radius 2 is 1.66 bits per heavy atom. The van der Waals surface area contributed by atoms with Crippen molar-refractivity contribution in [2.24, 2.45) is 5.73 Å². The number of unbranched alkanes of at least 4 members (excludes halogenated alkanes) is 1. The summed E-state index contributed by atoms with van der Waals surface area (Å²) in [5.41, 5.74) is 8.55. The summed E-state index contributed by atoms with van der Waals surface area (Å²) < 4.78 is 40.9. The lowest BCUT2D eigenvalue weighted by molar-refractivity contribution is -0.136. The molecule has 0 aliphatic carbocycles. The molecule has 29 heavy (non-hydrogen) atoms. The number of nitrogens with one attached hydrogen (secondary N) is 1. The van der Waals surface area contributed by atoms with E-state index in [2.05, 4.69) is 25.8 Å². The number of alkyl halides is 3. The summed E-state index contributed by atoms with van der Waals surface area (Å²) in [6.45, 7) is 6.93. The van der Waals surface area contributed by atoms with Crippen LogP contribution in [0.5, 0.6) is 0 Å². The first-order valence-electron chi connectivity index (χ1n) is 9.74. The highest BCUT2D eigenvalue weighted by Crippen LogP contribution is 2.41. The molecule has 0 unspecified atom stereocenters. The number of nitrogens with two attached hydrogens (primary N) is 1. The highest BCUT2D eigenvalue weighted by atomic mass is 35.5.